The fourth-order valence-electron chi connectivity index (χ4n) is 3.71. The third-order valence-electron chi connectivity index (χ3n) is 5.45. The molecule has 7 nitrogen and oxygen atoms in total. The first-order valence-corrected chi connectivity index (χ1v) is 12.1. The summed E-state index contributed by atoms with van der Waals surface area (Å²) >= 11 is 0. The molecule has 1 heterocycles. The Morgan fingerprint density at radius 3 is 2.27 bits per heavy atom. The van der Waals surface area contributed by atoms with Gasteiger partial charge in [0.2, 0.25) is 10.0 Å². The molecule has 1 aliphatic heterocycles. The van der Waals surface area contributed by atoms with Crippen LogP contribution in [0, 0.1) is 12.8 Å². The zero-order valence-corrected chi connectivity index (χ0v) is 20.3. The van der Waals surface area contributed by atoms with Gasteiger partial charge in [-0.15, -0.1) is 0 Å². The van der Waals surface area contributed by atoms with Gasteiger partial charge in [0.25, 0.3) is 5.91 Å². The van der Waals surface area contributed by atoms with E-state index in [0.29, 0.717) is 18.0 Å². The summed E-state index contributed by atoms with van der Waals surface area (Å²) in [7, 11) is -1.57. The molecule has 2 N–H and O–H groups in total. The van der Waals surface area contributed by atoms with Gasteiger partial charge in [-0.3, -0.25) is 9.69 Å². The Morgan fingerprint density at radius 2 is 1.73 bits per heavy atom. The Kier molecular flexibility index (Phi) is 8.07. The molecule has 1 saturated heterocycles. The molecule has 0 spiro atoms. The van der Waals surface area contributed by atoms with E-state index in [4.69, 9.17) is 0 Å². The summed E-state index contributed by atoms with van der Waals surface area (Å²) < 4.78 is 28.0. The first kappa shape index (κ1) is 24.8. The maximum atomic E-state index is 12.9. The van der Waals surface area contributed by atoms with Gasteiger partial charge in [-0.25, -0.2) is 13.1 Å². The van der Waals surface area contributed by atoms with E-state index >= 15 is 0 Å². The minimum Gasteiger partial charge on any atom is -0.350 e. The fourth-order valence-corrected chi connectivity index (χ4v) is 5.15. The Hall–Kier alpha value is -1.48. The molecule has 0 radical (unpaired) electrons. The zero-order chi connectivity index (χ0) is 22.7. The number of piperazine rings is 1. The van der Waals surface area contributed by atoms with Crippen molar-refractivity contribution < 1.29 is 13.2 Å². The maximum Gasteiger partial charge on any atom is 0.251 e. The van der Waals surface area contributed by atoms with Gasteiger partial charge in [-0.2, -0.15) is 0 Å². The smallest absolute Gasteiger partial charge is 0.251 e. The van der Waals surface area contributed by atoms with Crippen LogP contribution in [0.4, 0.5) is 0 Å². The van der Waals surface area contributed by atoms with E-state index in [2.05, 4.69) is 40.7 Å². The van der Waals surface area contributed by atoms with E-state index in [0.717, 1.165) is 31.7 Å². The van der Waals surface area contributed by atoms with Crippen molar-refractivity contribution in [2.75, 3.05) is 39.8 Å². The largest absolute Gasteiger partial charge is 0.350 e. The van der Waals surface area contributed by atoms with Crippen LogP contribution in [0.25, 0.3) is 0 Å². The van der Waals surface area contributed by atoms with Crippen molar-refractivity contribution in [1.29, 1.82) is 0 Å². The number of nitrogens with one attached hydrogen (secondary N) is 2. The van der Waals surface area contributed by atoms with E-state index in [9.17, 15) is 13.2 Å². The molecule has 1 aromatic rings. The maximum absolute atomic E-state index is 12.9. The highest BCUT2D eigenvalue weighted by atomic mass is 32.2. The number of nitrogens with zero attached hydrogens (tertiary/aromatic N) is 2. The number of sulfonamides is 1. The molecule has 0 aromatic heterocycles. The van der Waals surface area contributed by atoms with Crippen molar-refractivity contribution in [2.24, 2.45) is 5.92 Å². The van der Waals surface area contributed by atoms with Crippen LogP contribution in [0.15, 0.2) is 23.1 Å². The van der Waals surface area contributed by atoms with Crippen LogP contribution in [0.2, 0.25) is 0 Å². The van der Waals surface area contributed by atoms with Crippen LogP contribution in [-0.4, -0.2) is 75.5 Å². The van der Waals surface area contributed by atoms with Crippen molar-refractivity contribution in [3.63, 3.8) is 0 Å². The average molecular weight is 439 g/mol. The van der Waals surface area contributed by atoms with Crippen LogP contribution in [0.3, 0.4) is 0 Å². The molecule has 0 aliphatic carbocycles. The molecule has 1 aliphatic rings. The van der Waals surface area contributed by atoms with Crippen molar-refractivity contribution in [3.05, 3.63) is 29.3 Å². The van der Waals surface area contributed by atoms with E-state index in [1.165, 1.54) is 6.07 Å². The number of amides is 1. The zero-order valence-electron chi connectivity index (χ0n) is 19.4. The van der Waals surface area contributed by atoms with E-state index in [1.54, 1.807) is 32.9 Å². The molecular weight excluding hydrogens is 400 g/mol. The second-order valence-corrected chi connectivity index (χ2v) is 11.4. The van der Waals surface area contributed by atoms with Crippen molar-refractivity contribution >= 4 is 15.9 Å². The molecule has 1 atom stereocenters. The number of hydrogen-bond donors (Lipinski definition) is 2. The molecule has 170 valence electrons. The Bertz CT molecular complexity index is 838. The quantitative estimate of drug-likeness (QED) is 0.681. The van der Waals surface area contributed by atoms with E-state index in [-0.39, 0.29) is 16.8 Å². The SMILES string of the molecule is Cc1ccc(S(=O)(=O)NC(C)(C)C)cc1C(=O)NCC(C(C)C)N1CCN(C)CC1. The molecule has 30 heavy (non-hydrogen) atoms. The molecule has 0 saturated carbocycles. The number of benzene rings is 1. The van der Waals surface area contributed by atoms with Gasteiger partial charge < -0.3 is 10.2 Å². The fraction of sp³-hybridized carbons (Fsp3) is 0.682. The summed E-state index contributed by atoms with van der Waals surface area (Å²) in [5, 5.41) is 3.05. The lowest BCUT2D eigenvalue weighted by Crippen LogP contribution is -2.54. The monoisotopic (exact) mass is 438 g/mol. The minimum absolute atomic E-state index is 0.104. The van der Waals surface area contributed by atoms with Gasteiger partial charge in [0.1, 0.15) is 0 Å². The van der Waals surface area contributed by atoms with Gasteiger partial charge in [-0.05, 0) is 58.4 Å². The van der Waals surface area contributed by atoms with E-state index in [1.807, 2.05) is 6.92 Å². The van der Waals surface area contributed by atoms with Gasteiger partial charge in [0.05, 0.1) is 4.90 Å². The second-order valence-electron chi connectivity index (χ2n) is 9.69. The second kappa shape index (κ2) is 9.77. The Labute approximate surface area is 182 Å². The highest BCUT2D eigenvalue weighted by Crippen LogP contribution is 2.18. The highest BCUT2D eigenvalue weighted by Gasteiger charge is 2.27. The first-order valence-electron chi connectivity index (χ1n) is 10.7. The number of carbonyl (C=O) groups is 1. The highest BCUT2D eigenvalue weighted by molar-refractivity contribution is 7.89. The van der Waals surface area contributed by atoms with Crippen molar-refractivity contribution in [1.82, 2.24) is 19.8 Å². The lowest BCUT2D eigenvalue weighted by molar-refractivity contribution is 0.0790. The predicted molar refractivity (Wildman–Crippen MR) is 121 cm³/mol. The molecule has 1 fully saturated rings. The van der Waals surface area contributed by atoms with Crippen molar-refractivity contribution in [2.45, 2.75) is 58.0 Å². The summed E-state index contributed by atoms with van der Waals surface area (Å²) in [6.45, 7) is 16.1. The third-order valence-corrected chi connectivity index (χ3v) is 7.21. The normalized spacial score (nSPS) is 17.9. The third kappa shape index (κ3) is 6.77. The number of hydrogen-bond acceptors (Lipinski definition) is 5. The van der Waals surface area contributed by atoms with E-state index < -0.39 is 15.6 Å². The molecule has 1 amide bonds. The lowest BCUT2D eigenvalue weighted by atomic mass is 10.0. The standard InChI is InChI=1S/C22H38N4O3S/c1-16(2)20(26-12-10-25(7)11-13-26)15-23-21(27)19-14-18(9-8-17(19)3)30(28,29)24-22(4,5)6/h8-9,14,16,20,24H,10-13,15H2,1-7H3,(H,23,27). The summed E-state index contributed by atoms with van der Waals surface area (Å²) in [4.78, 5) is 17.8. The number of carbonyl (C=O) groups excluding carboxylic acids is 1. The predicted octanol–water partition coefficient (Wildman–Crippen LogP) is 2.07. The van der Waals surface area contributed by atoms with Crippen LogP contribution < -0.4 is 10.0 Å². The molecule has 1 unspecified atom stereocenters. The summed E-state index contributed by atoms with van der Waals surface area (Å²) in [6, 6.07) is 4.95. The van der Waals surface area contributed by atoms with Gasteiger partial charge >= 0.3 is 0 Å². The van der Waals surface area contributed by atoms with Crippen LogP contribution in [0.1, 0.15) is 50.5 Å². The average Bonchev–Trinajstić information content (AvgIpc) is 2.61. The topological polar surface area (TPSA) is 81.7 Å². The van der Waals surface area contributed by atoms with Gasteiger partial charge in [-0.1, -0.05) is 19.9 Å². The first-order chi connectivity index (χ1) is 13.8. The molecule has 0 bridgehead atoms. The Balaban J connectivity index is 2.14. The molecule has 8 heteroatoms. The number of aryl methyl sites for hydroxylation is 1. The lowest BCUT2D eigenvalue weighted by Gasteiger charge is -2.40. The summed E-state index contributed by atoms with van der Waals surface area (Å²) in [5.74, 6) is 0.164. The summed E-state index contributed by atoms with van der Waals surface area (Å²) in [6.07, 6.45) is 0. The minimum atomic E-state index is -3.70. The molecule has 1 aromatic carbocycles. The van der Waals surface area contributed by atoms with Crippen molar-refractivity contribution in [3.8, 4) is 0 Å². The van der Waals surface area contributed by atoms with Crippen LogP contribution >= 0.6 is 0 Å². The van der Waals surface area contributed by atoms with Crippen LogP contribution in [-0.2, 0) is 10.0 Å². The van der Waals surface area contributed by atoms with Gasteiger partial charge in [0.15, 0.2) is 0 Å². The molecular formula is C22H38N4O3S. The van der Waals surface area contributed by atoms with Crippen LogP contribution in [0.5, 0.6) is 0 Å². The Morgan fingerprint density at radius 1 is 1.13 bits per heavy atom. The number of rotatable bonds is 7. The number of likely N-dealkylation sites (N-methyl/N-ethyl adjacent to an activating group) is 1. The van der Waals surface area contributed by atoms with Gasteiger partial charge in [0, 0.05) is 49.9 Å². The summed E-state index contributed by atoms with van der Waals surface area (Å²) in [5.41, 5.74) is 0.551. The molecule has 2 rings (SSSR count).